The highest BCUT2D eigenvalue weighted by atomic mass is 16.3. The van der Waals surface area contributed by atoms with Crippen molar-refractivity contribution in [3.63, 3.8) is 0 Å². The van der Waals surface area contributed by atoms with Gasteiger partial charge in [0.1, 0.15) is 5.75 Å². The molecule has 1 heterocycles. The summed E-state index contributed by atoms with van der Waals surface area (Å²) in [6, 6.07) is 7.26. The molecule has 0 bridgehead atoms. The highest BCUT2D eigenvalue weighted by Gasteiger charge is 2.06. The second-order valence-corrected chi connectivity index (χ2v) is 3.16. The van der Waals surface area contributed by atoms with E-state index in [1.54, 1.807) is 24.7 Å². The van der Waals surface area contributed by atoms with E-state index in [4.69, 9.17) is 0 Å². The van der Waals surface area contributed by atoms with Crippen molar-refractivity contribution in [1.82, 2.24) is 9.55 Å². The van der Waals surface area contributed by atoms with E-state index >= 15 is 0 Å². The Hall–Kier alpha value is -2.03. The van der Waals surface area contributed by atoms with E-state index in [0.29, 0.717) is 0 Å². The van der Waals surface area contributed by atoms with Crippen LogP contribution in [0.3, 0.4) is 0 Å². The predicted octanol–water partition coefficient (Wildman–Crippen LogP) is 2.50. The molecule has 0 radical (unpaired) electrons. The van der Waals surface area contributed by atoms with Crippen molar-refractivity contribution in [2.24, 2.45) is 0 Å². The minimum absolute atomic E-state index is 0.277. The molecule has 0 aliphatic carbocycles. The van der Waals surface area contributed by atoms with Crippen LogP contribution in [0.4, 0.5) is 0 Å². The number of hydrogen-bond donors (Lipinski definition) is 1. The van der Waals surface area contributed by atoms with E-state index < -0.39 is 0 Å². The number of aromatic nitrogens is 2. The minimum atomic E-state index is 0.277. The van der Waals surface area contributed by atoms with Crippen LogP contribution in [0.1, 0.15) is 12.5 Å². The van der Waals surface area contributed by atoms with Crippen molar-refractivity contribution in [1.29, 1.82) is 0 Å². The zero-order valence-electron chi connectivity index (χ0n) is 8.46. The maximum absolute atomic E-state index is 9.74. The largest absolute Gasteiger partial charge is 0.507 e. The second kappa shape index (κ2) is 4.00. The Labute approximate surface area is 88.3 Å². The smallest absolute Gasteiger partial charge is 0.124 e. The van der Waals surface area contributed by atoms with Crippen LogP contribution in [-0.4, -0.2) is 14.7 Å². The summed E-state index contributed by atoms with van der Waals surface area (Å²) in [5.74, 6) is 0.277. The number of hydrogen-bond acceptors (Lipinski definition) is 2. The van der Waals surface area contributed by atoms with E-state index in [2.05, 4.69) is 4.98 Å². The fraction of sp³-hybridized carbons (Fsp3) is 0.0833. The first-order chi connectivity index (χ1) is 7.33. The average Bonchev–Trinajstić information content (AvgIpc) is 2.75. The van der Waals surface area contributed by atoms with Gasteiger partial charge in [-0.05, 0) is 19.1 Å². The summed E-state index contributed by atoms with van der Waals surface area (Å²) in [6.07, 6.45) is 7.21. The highest BCUT2D eigenvalue weighted by Crippen LogP contribution is 2.25. The van der Waals surface area contributed by atoms with Gasteiger partial charge in [0.2, 0.25) is 0 Å². The Kier molecular flexibility index (Phi) is 2.54. The normalized spacial score (nSPS) is 11.7. The molecule has 0 atom stereocenters. The molecule has 2 aromatic rings. The summed E-state index contributed by atoms with van der Waals surface area (Å²) in [5, 5.41) is 9.74. The van der Waals surface area contributed by atoms with Gasteiger partial charge in [-0.2, -0.15) is 0 Å². The molecule has 0 aliphatic heterocycles. The van der Waals surface area contributed by atoms with Gasteiger partial charge in [0.25, 0.3) is 0 Å². The first-order valence-electron chi connectivity index (χ1n) is 4.76. The molecule has 0 saturated heterocycles. The van der Waals surface area contributed by atoms with Crippen LogP contribution in [0.2, 0.25) is 0 Å². The van der Waals surface area contributed by atoms with Gasteiger partial charge in [-0.3, -0.25) is 0 Å². The quantitative estimate of drug-likeness (QED) is 0.808. The van der Waals surface area contributed by atoms with Gasteiger partial charge < -0.3 is 9.67 Å². The zero-order chi connectivity index (χ0) is 10.7. The molecular formula is C12H12N2O. The first-order valence-corrected chi connectivity index (χ1v) is 4.76. The molecule has 1 aromatic heterocycles. The Morgan fingerprint density at radius 2 is 2.20 bits per heavy atom. The van der Waals surface area contributed by atoms with Crippen LogP contribution in [0, 0.1) is 0 Å². The minimum Gasteiger partial charge on any atom is -0.507 e. The number of imidazole rings is 1. The Morgan fingerprint density at radius 1 is 1.40 bits per heavy atom. The lowest BCUT2D eigenvalue weighted by atomic mass is 10.1. The summed E-state index contributed by atoms with van der Waals surface area (Å²) in [4.78, 5) is 3.99. The summed E-state index contributed by atoms with van der Waals surface area (Å²) < 4.78 is 1.87. The van der Waals surface area contributed by atoms with E-state index in [1.165, 1.54) is 0 Å². The molecule has 15 heavy (non-hydrogen) atoms. The second-order valence-electron chi connectivity index (χ2n) is 3.16. The molecule has 1 N–H and O–H groups in total. The molecule has 0 unspecified atom stereocenters. The lowest BCUT2D eigenvalue weighted by molar-refractivity contribution is 0.473. The van der Waals surface area contributed by atoms with Crippen LogP contribution in [0.5, 0.6) is 5.75 Å². The van der Waals surface area contributed by atoms with Crippen molar-refractivity contribution >= 4 is 5.70 Å². The van der Waals surface area contributed by atoms with Gasteiger partial charge in [0.15, 0.2) is 0 Å². The number of aromatic hydroxyl groups is 1. The molecule has 2 rings (SSSR count). The van der Waals surface area contributed by atoms with Gasteiger partial charge in [-0.15, -0.1) is 0 Å². The maximum atomic E-state index is 9.74. The third-order valence-corrected chi connectivity index (χ3v) is 2.24. The number of rotatable bonds is 2. The lowest BCUT2D eigenvalue weighted by Gasteiger charge is -2.09. The molecule has 3 nitrogen and oxygen atoms in total. The van der Waals surface area contributed by atoms with Gasteiger partial charge in [0.05, 0.1) is 12.0 Å². The molecule has 0 spiro atoms. The van der Waals surface area contributed by atoms with Gasteiger partial charge in [0, 0.05) is 18.0 Å². The predicted molar refractivity (Wildman–Crippen MR) is 59.4 cm³/mol. The summed E-state index contributed by atoms with van der Waals surface area (Å²) in [7, 11) is 0. The number of benzene rings is 1. The number of allylic oxidation sites excluding steroid dienone is 1. The van der Waals surface area contributed by atoms with Crippen LogP contribution in [0.25, 0.3) is 5.70 Å². The number of phenols is 1. The fourth-order valence-electron chi connectivity index (χ4n) is 1.54. The van der Waals surface area contributed by atoms with Crippen LogP contribution in [-0.2, 0) is 0 Å². The number of phenolic OH excluding ortho intramolecular Hbond substituents is 1. The molecule has 76 valence electrons. The average molecular weight is 200 g/mol. The van der Waals surface area contributed by atoms with E-state index in [-0.39, 0.29) is 5.75 Å². The molecule has 0 aliphatic rings. The molecular weight excluding hydrogens is 188 g/mol. The Morgan fingerprint density at radius 3 is 2.80 bits per heavy atom. The van der Waals surface area contributed by atoms with Crippen LogP contribution in [0.15, 0.2) is 49.1 Å². The summed E-state index contributed by atoms with van der Waals surface area (Å²) in [6.45, 7) is 1.93. The van der Waals surface area contributed by atoms with Crippen molar-refractivity contribution < 1.29 is 5.11 Å². The van der Waals surface area contributed by atoms with Gasteiger partial charge in [-0.25, -0.2) is 4.98 Å². The SMILES string of the molecule is CC=C(c1ccccc1O)n1ccnc1. The summed E-state index contributed by atoms with van der Waals surface area (Å²) in [5.41, 5.74) is 1.73. The molecule has 0 saturated carbocycles. The van der Waals surface area contributed by atoms with Crippen LogP contribution < -0.4 is 0 Å². The van der Waals surface area contributed by atoms with E-state index in [1.807, 2.05) is 35.9 Å². The van der Waals surface area contributed by atoms with Crippen molar-refractivity contribution in [2.45, 2.75) is 6.92 Å². The zero-order valence-corrected chi connectivity index (χ0v) is 8.46. The fourth-order valence-corrected chi connectivity index (χ4v) is 1.54. The lowest BCUT2D eigenvalue weighted by Crippen LogP contribution is -1.95. The third kappa shape index (κ3) is 1.76. The molecule has 0 amide bonds. The monoisotopic (exact) mass is 200 g/mol. The standard InChI is InChI=1S/C12H12N2O/c1-2-11(14-8-7-13-9-14)10-5-3-4-6-12(10)15/h2-9,15H,1H3. The number of nitrogens with zero attached hydrogens (tertiary/aromatic N) is 2. The Bertz CT molecular complexity index is 472. The van der Waals surface area contributed by atoms with Crippen LogP contribution >= 0.6 is 0 Å². The molecule has 3 heteroatoms. The summed E-state index contributed by atoms with van der Waals surface area (Å²) >= 11 is 0. The van der Waals surface area contributed by atoms with Crippen molar-refractivity contribution in [2.75, 3.05) is 0 Å². The third-order valence-electron chi connectivity index (χ3n) is 2.24. The van der Waals surface area contributed by atoms with Gasteiger partial charge in [-0.1, -0.05) is 18.2 Å². The molecule has 1 aromatic carbocycles. The first kappa shape index (κ1) is 9.52. The van der Waals surface area contributed by atoms with E-state index in [9.17, 15) is 5.11 Å². The maximum Gasteiger partial charge on any atom is 0.124 e. The topological polar surface area (TPSA) is 38.0 Å². The number of para-hydroxylation sites is 1. The van der Waals surface area contributed by atoms with Crippen molar-refractivity contribution in [3.05, 3.63) is 54.6 Å². The van der Waals surface area contributed by atoms with E-state index in [0.717, 1.165) is 11.3 Å². The highest BCUT2D eigenvalue weighted by molar-refractivity contribution is 5.69. The Balaban J connectivity index is 2.50. The van der Waals surface area contributed by atoms with Gasteiger partial charge >= 0.3 is 0 Å². The molecule has 0 fully saturated rings. The van der Waals surface area contributed by atoms with Crippen molar-refractivity contribution in [3.8, 4) is 5.75 Å².